The molecule has 0 aromatic heterocycles. The molecule has 1 saturated heterocycles. The number of hydrogen-bond donors (Lipinski definition) is 1. The van der Waals surface area contributed by atoms with E-state index in [1.807, 2.05) is 6.08 Å². The molecule has 2 atom stereocenters. The van der Waals surface area contributed by atoms with Gasteiger partial charge in [0.15, 0.2) is 17.3 Å². The minimum atomic E-state index is -0.274. The van der Waals surface area contributed by atoms with Crippen LogP contribution in [0.3, 0.4) is 0 Å². The van der Waals surface area contributed by atoms with E-state index in [0.717, 1.165) is 36.5 Å². The summed E-state index contributed by atoms with van der Waals surface area (Å²) >= 11 is 0. The lowest BCUT2D eigenvalue weighted by atomic mass is 9.60. The van der Waals surface area contributed by atoms with Crippen molar-refractivity contribution in [3.63, 3.8) is 0 Å². The van der Waals surface area contributed by atoms with Crippen LogP contribution < -0.4 is 27.2 Å². The van der Waals surface area contributed by atoms with Crippen molar-refractivity contribution in [1.82, 2.24) is 5.32 Å². The molecule has 5 nitrogen and oxygen atoms in total. The molecule has 24 heavy (non-hydrogen) atoms. The summed E-state index contributed by atoms with van der Waals surface area (Å²) in [5, 5.41) is 3.54. The molecule has 0 radical (unpaired) electrons. The molecule has 1 N–H and O–H groups in total. The molecule has 4 aliphatic rings. The predicted molar refractivity (Wildman–Crippen MR) is 83.6 cm³/mol. The zero-order valence-electron chi connectivity index (χ0n) is 14.2. The average molecular weight is 348 g/mol. The maximum absolute atomic E-state index is 12.2. The number of halogens is 1. The van der Waals surface area contributed by atoms with Crippen LogP contribution in [0.2, 0.25) is 0 Å². The Bertz CT molecular complexity index is 807. The lowest BCUT2D eigenvalue weighted by molar-refractivity contribution is -0.114. The van der Waals surface area contributed by atoms with Crippen molar-refractivity contribution in [3.8, 4) is 11.5 Å². The predicted octanol–water partition coefficient (Wildman–Crippen LogP) is -1.27. The summed E-state index contributed by atoms with van der Waals surface area (Å²) in [7, 11) is 1.56. The molecule has 126 valence electrons. The second kappa shape index (κ2) is 5.26. The summed E-state index contributed by atoms with van der Waals surface area (Å²) in [6, 6.07) is 4.57. The Balaban J connectivity index is 0.000000911. The van der Waals surface area contributed by atoms with Crippen LogP contribution >= 0.6 is 0 Å². The highest BCUT2D eigenvalue weighted by Gasteiger charge is 2.48. The fourth-order valence-electron chi connectivity index (χ4n) is 4.36. The maximum Gasteiger partial charge on any atom is 1.00 e. The van der Waals surface area contributed by atoms with E-state index in [4.69, 9.17) is 14.2 Å². The lowest BCUT2D eigenvalue weighted by Gasteiger charge is -2.48. The molecular weight excluding hydrogens is 330 g/mol. The molecule has 0 amide bonds. The number of ether oxygens (including phenoxy) is 3. The number of hydrogen-bond acceptors (Lipinski definition) is 5. The normalized spacial score (nSPS) is 28.9. The van der Waals surface area contributed by atoms with E-state index >= 15 is 0 Å². The van der Waals surface area contributed by atoms with Gasteiger partial charge in [0, 0.05) is 18.0 Å². The Morgan fingerprint density at radius 2 is 2.12 bits per heavy atom. The van der Waals surface area contributed by atoms with E-state index < -0.39 is 0 Å². The fourth-order valence-corrected chi connectivity index (χ4v) is 4.36. The molecule has 2 heterocycles. The van der Waals surface area contributed by atoms with E-state index in [9.17, 15) is 4.79 Å². The first-order valence-electron chi connectivity index (χ1n) is 7.88. The Kier molecular flexibility index (Phi) is 3.41. The van der Waals surface area contributed by atoms with Gasteiger partial charge in [0.2, 0.25) is 12.6 Å². The number of benzene rings is 1. The number of fused-ring (bicyclic) bond motifs is 3. The van der Waals surface area contributed by atoms with E-state index in [1.54, 1.807) is 13.2 Å². The topological polar surface area (TPSA) is 56.8 Å². The van der Waals surface area contributed by atoms with Gasteiger partial charge in [-0.25, -0.2) is 0 Å². The Morgan fingerprint density at radius 3 is 2.92 bits per heavy atom. The second-order valence-electron chi connectivity index (χ2n) is 6.57. The highest BCUT2D eigenvalue weighted by molar-refractivity contribution is 6.05. The zero-order chi connectivity index (χ0) is 15.6. The average Bonchev–Trinajstić information content (AvgIpc) is 3.01. The van der Waals surface area contributed by atoms with E-state index in [0.29, 0.717) is 11.8 Å². The summed E-state index contributed by atoms with van der Waals surface area (Å²) in [5.41, 5.74) is 3.31. The Morgan fingerprint density at radius 1 is 1.33 bits per heavy atom. The number of carbonyl (C=O) groups excluding carboxylic acids is 1. The molecule has 1 aromatic rings. The number of allylic oxidation sites excluding steroid dienone is 2. The third-order valence-electron chi connectivity index (χ3n) is 5.41. The first kappa shape index (κ1) is 15.5. The summed E-state index contributed by atoms with van der Waals surface area (Å²) < 4.78 is 16.4. The van der Waals surface area contributed by atoms with Crippen molar-refractivity contribution in [1.29, 1.82) is 0 Å². The van der Waals surface area contributed by atoms with Crippen LogP contribution in [0.5, 0.6) is 11.5 Å². The molecule has 1 fully saturated rings. The van der Waals surface area contributed by atoms with Gasteiger partial charge in [-0.15, -0.1) is 0 Å². The second-order valence-corrected chi connectivity index (χ2v) is 6.57. The van der Waals surface area contributed by atoms with Crippen LogP contribution in [-0.4, -0.2) is 32.3 Å². The van der Waals surface area contributed by atoms with Crippen LogP contribution in [-0.2, 0) is 21.4 Å². The van der Waals surface area contributed by atoms with Gasteiger partial charge in [-0.1, -0.05) is 0 Å². The van der Waals surface area contributed by atoms with Crippen molar-refractivity contribution < 1.29 is 32.8 Å². The number of rotatable bonds is 1. The van der Waals surface area contributed by atoms with Crippen molar-refractivity contribution in [2.75, 3.05) is 20.4 Å². The van der Waals surface area contributed by atoms with Crippen LogP contribution in [0.25, 0.3) is 0 Å². The number of methoxy groups -OCH3 is 1. The summed E-state index contributed by atoms with van der Waals surface area (Å²) in [5.74, 6) is 1.98. The molecule has 5 rings (SSSR count). The molecule has 2 unspecified atom stereocenters. The molecule has 6 heteroatoms. The Labute approximate surface area is 147 Å². The van der Waals surface area contributed by atoms with E-state index in [2.05, 4.69) is 17.4 Å². The molecule has 1 aromatic carbocycles. The highest BCUT2D eigenvalue weighted by atomic mass is 35.5. The molecule has 0 saturated carbocycles. The Hall–Kier alpha value is -1.98. The van der Waals surface area contributed by atoms with Crippen molar-refractivity contribution in [2.45, 2.75) is 24.3 Å². The SMILES string of the molecule is COC1=CC23CC(Cc4cc5c(cc42)OCO5)NCC3=CC1=O.[Cl-].[H+]. The minimum absolute atomic E-state index is 0. The van der Waals surface area contributed by atoms with Gasteiger partial charge in [0.05, 0.1) is 7.11 Å². The van der Waals surface area contributed by atoms with Gasteiger partial charge >= 0.3 is 1.43 Å². The quantitative estimate of drug-likeness (QED) is 0.686. The summed E-state index contributed by atoms with van der Waals surface area (Å²) in [4.78, 5) is 12.2. The van der Waals surface area contributed by atoms with Gasteiger partial charge in [-0.3, -0.25) is 4.79 Å². The first-order chi connectivity index (χ1) is 11.2. The third kappa shape index (κ3) is 1.95. The van der Waals surface area contributed by atoms with Crippen molar-refractivity contribution in [3.05, 3.63) is 46.7 Å². The lowest BCUT2D eigenvalue weighted by Crippen LogP contribution is -3.00. The fraction of sp³-hybridized carbons (Fsp3) is 0.389. The van der Waals surface area contributed by atoms with Gasteiger partial charge in [0.25, 0.3) is 0 Å². The number of piperidine rings is 1. The number of ketones is 1. The van der Waals surface area contributed by atoms with Crippen LogP contribution in [0.1, 0.15) is 19.0 Å². The van der Waals surface area contributed by atoms with Gasteiger partial charge in [-0.2, -0.15) is 0 Å². The number of carbonyl (C=O) groups is 1. The minimum Gasteiger partial charge on any atom is -1.00 e. The van der Waals surface area contributed by atoms with E-state index in [-0.39, 0.29) is 31.8 Å². The van der Waals surface area contributed by atoms with Gasteiger partial charge in [0.1, 0.15) is 0 Å². The highest BCUT2D eigenvalue weighted by Crippen LogP contribution is 2.51. The molecule has 2 aliphatic carbocycles. The monoisotopic (exact) mass is 347 g/mol. The van der Waals surface area contributed by atoms with Crippen LogP contribution in [0.15, 0.2) is 35.6 Å². The summed E-state index contributed by atoms with van der Waals surface area (Å²) in [6.45, 7) is 1.00. The maximum atomic E-state index is 12.2. The van der Waals surface area contributed by atoms with Crippen LogP contribution in [0, 0.1) is 0 Å². The summed E-state index contributed by atoms with van der Waals surface area (Å²) in [6.07, 6.45) is 5.65. The zero-order valence-corrected chi connectivity index (χ0v) is 14.0. The van der Waals surface area contributed by atoms with Gasteiger partial charge in [-0.05, 0) is 53.8 Å². The molecular formula is C18H18ClNO4. The molecule has 1 spiro atoms. The van der Waals surface area contributed by atoms with Crippen molar-refractivity contribution in [2.24, 2.45) is 0 Å². The molecule has 2 bridgehead atoms. The van der Waals surface area contributed by atoms with Crippen molar-refractivity contribution >= 4 is 5.78 Å². The van der Waals surface area contributed by atoms with Crippen LogP contribution in [0.4, 0.5) is 0 Å². The van der Waals surface area contributed by atoms with E-state index in [1.165, 1.54) is 11.1 Å². The first-order valence-corrected chi connectivity index (χ1v) is 7.88. The molecule has 2 aliphatic heterocycles. The smallest absolute Gasteiger partial charge is 1.00 e. The largest absolute Gasteiger partial charge is 1.00 e. The standard InChI is InChI=1S/C18H17NO4.ClH/c1-21-17-7-18-6-12(19-8-11(18)4-14(17)20)2-10-3-15-16(5-13(10)18)23-9-22-15;/h3-5,7,12,19H,2,6,8-9H2,1H3;1H. The third-order valence-corrected chi connectivity index (χ3v) is 5.41. The number of nitrogens with one attached hydrogen (secondary N) is 1. The van der Waals surface area contributed by atoms with Gasteiger partial charge < -0.3 is 31.9 Å².